The zero-order valence-corrected chi connectivity index (χ0v) is 12.1. The van der Waals surface area contributed by atoms with Crippen molar-refractivity contribution in [2.75, 3.05) is 21.3 Å². The molecule has 1 unspecified atom stereocenters. The van der Waals surface area contributed by atoms with Gasteiger partial charge in [0.2, 0.25) is 0 Å². The van der Waals surface area contributed by atoms with E-state index in [-0.39, 0.29) is 0 Å². The van der Waals surface area contributed by atoms with Gasteiger partial charge >= 0.3 is 0 Å². The van der Waals surface area contributed by atoms with Crippen LogP contribution in [0.25, 0.3) is 0 Å². The van der Waals surface area contributed by atoms with Crippen LogP contribution >= 0.6 is 0 Å². The first-order valence-electron chi connectivity index (χ1n) is 6.60. The summed E-state index contributed by atoms with van der Waals surface area (Å²) in [4.78, 5) is 0. The molecule has 3 nitrogen and oxygen atoms in total. The highest BCUT2D eigenvalue weighted by Gasteiger charge is 2.22. The Morgan fingerprint density at radius 1 is 1.11 bits per heavy atom. The summed E-state index contributed by atoms with van der Waals surface area (Å²) in [6.07, 6.45) is 2.30. The largest absolute Gasteiger partial charge is 0.497 e. The fourth-order valence-electron chi connectivity index (χ4n) is 2.48. The van der Waals surface area contributed by atoms with Gasteiger partial charge in [-0.25, -0.2) is 0 Å². The van der Waals surface area contributed by atoms with Crippen LogP contribution in [0.2, 0.25) is 0 Å². The molecule has 0 aliphatic rings. The normalized spacial score (nSPS) is 12.6. The van der Waals surface area contributed by atoms with E-state index in [9.17, 15) is 0 Å². The second-order valence-corrected chi connectivity index (χ2v) is 4.45. The minimum absolute atomic E-state index is 0.320. The SMILES string of the molecule is CCC(CC)C(NC)c1ccc(OC)cc1OC. The van der Waals surface area contributed by atoms with Gasteiger partial charge in [0.25, 0.3) is 0 Å². The summed E-state index contributed by atoms with van der Waals surface area (Å²) >= 11 is 0. The van der Waals surface area contributed by atoms with Crippen LogP contribution < -0.4 is 14.8 Å². The zero-order chi connectivity index (χ0) is 13.5. The average Bonchev–Trinajstić information content (AvgIpc) is 2.44. The minimum atomic E-state index is 0.320. The lowest BCUT2D eigenvalue weighted by atomic mass is 9.88. The molecule has 0 saturated heterocycles. The predicted molar refractivity (Wildman–Crippen MR) is 75.4 cm³/mol. The molecule has 0 bridgehead atoms. The summed E-state index contributed by atoms with van der Waals surface area (Å²) in [6.45, 7) is 4.46. The van der Waals surface area contributed by atoms with Gasteiger partial charge in [-0.2, -0.15) is 0 Å². The Kier molecular flexibility index (Phi) is 5.99. The molecule has 1 N–H and O–H groups in total. The molecule has 1 aromatic rings. The van der Waals surface area contributed by atoms with Crippen molar-refractivity contribution in [1.29, 1.82) is 0 Å². The smallest absolute Gasteiger partial charge is 0.127 e. The third-order valence-corrected chi connectivity index (χ3v) is 3.61. The number of benzene rings is 1. The van der Waals surface area contributed by atoms with Gasteiger partial charge in [0.15, 0.2) is 0 Å². The highest BCUT2D eigenvalue weighted by atomic mass is 16.5. The summed E-state index contributed by atoms with van der Waals surface area (Å²) in [6, 6.07) is 6.35. The maximum absolute atomic E-state index is 5.49. The van der Waals surface area contributed by atoms with Gasteiger partial charge in [0, 0.05) is 17.7 Å². The molecule has 0 amide bonds. The summed E-state index contributed by atoms with van der Waals surface area (Å²) in [7, 11) is 5.38. The number of hydrogen-bond donors (Lipinski definition) is 1. The second-order valence-electron chi connectivity index (χ2n) is 4.45. The Balaban J connectivity index is 3.11. The molecule has 0 aliphatic carbocycles. The molecule has 0 saturated carbocycles. The summed E-state index contributed by atoms with van der Waals surface area (Å²) in [5.41, 5.74) is 1.20. The summed E-state index contributed by atoms with van der Waals surface area (Å²) in [5, 5.41) is 3.41. The maximum atomic E-state index is 5.49. The standard InChI is InChI=1S/C15H25NO2/c1-6-11(7-2)15(16-3)13-9-8-12(17-4)10-14(13)18-5/h8-11,15-16H,6-7H2,1-5H3. The number of methoxy groups -OCH3 is 2. The van der Waals surface area contributed by atoms with Crippen LogP contribution in [0.4, 0.5) is 0 Å². The third-order valence-electron chi connectivity index (χ3n) is 3.61. The van der Waals surface area contributed by atoms with E-state index in [1.165, 1.54) is 5.56 Å². The highest BCUT2D eigenvalue weighted by Crippen LogP contribution is 2.35. The molecular weight excluding hydrogens is 226 g/mol. The second kappa shape index (κ2) is 7.27. The van der Waals surface area contributed by atoms with E-state index in [0.717, 1.165) is 24.3 Å². The molecule has 0 heterocycles. The molecule has 0 radical (unpaired) electrons. The van der Waals surface area contributed by atoms with Crippen molar-refractivity contribution < 1.29 is 9.47 Å². The molecule has 0 aliphatic heterocycles. The third kappa shape index (κ3) is 3.16. The van der Waals surface area contributed by atoms with Gasteiger partial charge in [-0.3, -0.25) is 0 Å². The van der Waals surface area contributed by atoms with Crippen LogP contribution in [0, 0.1) is 5.92 Å². The van der Waals surface area contributed by atoms with Crippen molar-refractivity contribution in [2.24, 2.45) is 5.92 Å². The van der Waals surface area contributed by atoms with Gasteiger partial charge in [-0.1, -0.05) is 32.8 Å². The van der Waals surface area contributed by atoms with E-state index in [1.54, 1.807) is 14.2 Å². The van der Waals surface area contributed by atoms with Gasteiger partial charge in [-0.15, -0.1) is 0 Å². The van der Waals surface area contributed by atoms with Gasteiger partial charge in [0.1, 0.15) is 11.5 Å². The maximum Gasteiger partial charge on any atom is 0.127 e. The fraction of sp³-hybridized carbons (Fsp3) is 0.600. The van der Waals surface area contributed by atoms with E-state index < -0.39 is 0 Å². The minimum Gasteiger partial charge on any atom is -0.497 e. The van der Waals surface area contributed by atoms with Crippen molar-refractivity contribution in [2.45, 2.75) is 32.7 Å². The van der Waals surface area contributed by atoms with E-state index in [2.05, 4.69) is 25.2 Å². The van der Waals surface area contributed by atoms with Crippen LogP contribution in [0.3, 0.4) is 0 Å². The lowest BCUT2D eigenvalue weighted by molar-refractivity contribution is 0.337. The molecule has 0 fully saturated rings. The van der Waals surface area contributed by atoms with E-state index in [0.29, 0.717) is 12.0 Å². The molecule has 0 aromatic heterocycles. The average molecular weight is 251 g/mol. The first-order valence-corrected chi connectivity index (χ1v) is 6.60. The van der Waals surface area contributed by atoms with E-state index in [1.807, 2.05) is 19.2 Å². The molecular formula is C15H25NO2. The van der Waals surface area contributed by atoms with Crippen molar-refractivity contribution in [3.05, 3.63) is 23.8 Å². The van der Waals surface area contributed by atoms with Crippen molar-refractivity contribution in [3.8, 4) is 11.5 Å². The Labute approximate surface area is 110 Å². The van der Waals surface area contributed by atoms with Gasteiger partial charge in [0.05, 0.1) is 14.2 Å². The molecule has 1 atom stereocenters. The van der Waals surface area contributed by atoms with E-state index >= 15 is 0 Å². The first kappa shape index (κ1) is 14.8. The Morgan fingerprint density at radius 2 is 1.78 bits per heavy atom. The molecule has 18 heavy (non-hydrogen) atoms. The monoisotopic (exact) mass is 251 g/mol. The molecule has 102 valence electrons. The van der Waals surface area contributed by atoms with Crippen molar-refractivity contribution in [1.82, 2.24) is 5.32 Å². The first-order chi connectivity index (χ1) is 8.71. The van der Waals surface area contributed by atoms with Crippen LogP contribution in [-0.2, 0) is 0 Å². The van der Waals surface area contributed by atoms with Crippen LogP contribution in [-0.4, -0.2) is 21.3 Å². The van der Waals surface area contributed by atoms with Crippen LogP contribution in [0.1, 0.15) is 38.3 Å². The summed E-state index contributed by atoms with van der Waals surface area (Å²) in [5.74, 6) is 2.33. The zero-order valence-electron chi connectivity index (χ0n) is 12.1. The lowest BCUT2D eigenvalue weighted by Gasteiger charge is -2.27. The number of rotatable bonds is 7. The number of hydrogen-bond acceptors (Lipinski definition) is 3. The molecule has 1 aromatic carbocycles. The molecule has 1 rings (SSSR count). The van der Waals surface area contributed by atoms with Gasteiger partial charge < -0.3 is 14.8 Å². The fourth-order valence-corrected chi connectivity index (χ4v) is 2.48. The number of ether oxygens (including phenoxy) is 2. The Bertz CT molecular complexity index is 362. The molecule has 3 heteroatoms. The topological polar surface area (TPSA) is 30.5 Å². The lowest BCUT2D eigenvalue weighted by Crippen LogP contribution is -2.25. The van der Waals surface area contributed by atoms with Gasteiger partial charge in [-0.05, 0) is 19.0 Å². The summed E-state index contributed by atoms with van der Waals surface area (Å²) < 4.78 is 10.7. The quantitative estimate of drug-likeness (QED) is 0.805. The Morgan fingerprint density at radius 3 is 2.22 bits per heavy atom. The van der Waals surface area contributed by atoms with Crippen molar-refractivity contribution in [3.63, 3.8) is 0 Å². The molecule has 0 spiro atoms. The van der Waals surface area contributed by atoms with Crippen LogP contribution in [0.15, 0.2) is 18.2 Å². The van der Waals surface area contributed by atoms with Crippen LogP contribution in [0.5, 0.6) is 11.5 Å². The highest BCUT2D eigenvalue weighted by molar-refractivity contribution is 5.42. The van der Waals surface area contributed by atoms with E-state index in [4.69, 9.17) is 9.47 Å². The Hall–Kier alpha value is -1.22. The van der Waals surface area contributed by atoms with Crippen molar-refractivity contribution >= 4 is 0 Å². The number of nitrogens with one attached hydrogen (secondary N) is 1. The predicted octanol–water partition coefficient (Wildman–Crippen LogP) is 3.40.